The van der Waals surface area contributed by atoms with Crippen LogP contribution in [0.3, 0.4) is 0 Å². The van der Waals surface area contributed by atoms with Crippen molar-refractivity contribution in [3.05, 3.63) is 72.7 Å². The lowest BCUT2D eigenvalue weighted by molar-refractivity contribution is 0.0627. The number of hydrogen-bond acceptors (Lipinski definition) is 6. The zero-order chi connectivity index (χ0) is 23.6. The topological polar surface area (TPSA) is 88.5 Å². The second-order valence-electron chi connectivity index (χ2n) is 8.68. The zero-order valence-electron chi connectivity index (χ0n) is 19.3. The number of imidazole rings is 1. The Bertz CT molecular complexity index is 1320. The Morgan fingerprint density at radius 2 is 1.74 bits per heavy atom. The lowest BCUT2D eigenvalue weighted by Gasteiger charge is -2.34. The van der Waals surface area contributed by atoms with Gasteiger partial charge in [-0.3, -0.25) is 14.8 Å². The van der Waals surface area contributed by atoms with Crippen LogP contribution in [-0.2, 0) is 6.54 Å². The number of rotatable bonds is 6. The van der Waals surface area contributed by atoms with Gasteiger partial charge in [0, 0.05) is 62.8 Å². The SMILES string of the molecule is O=C(c1cc(-c2ccc3c(c2)OCO3)n[nH]1)N1CCN(CCn2ccnc2-c2ccccc2)CC1. The standard InChI is InChI=1S/C26H26N6O3/c33-26(22-17-21(28-29-22)20-6-7-23-24(16-20)35-18-34-23)32-14-11-30(12-15-32)10-13-31-9-8-27-25(31)19-4-2-1-3-5-19/h1-9,16-17H,10-15,18H2,(H,28,29). The third-order valence-corrected chi connectivity index (χ3v) is 6.54. The summed E-state index contributed by atoms with van der Waals surface area (Å²) in [6.45, 7) is 5.05. The van der Waals surface area contributed by atoms with Crippen LogP contribution >= 0.6 is 0 Å². The molecule has 1 N–H and O–H groups in total. The maximum absolute atomic E-state index is 13.1. The number of benzene rings is 2. The van der Waals surface area contributed by atoms with Crippen LogP contribution in [0.4, 0.5) is 0 Å². The van der Waals surface area contributed by atoms with Gasteiger partial charge in [0.15, 0.2) is 11.5 Å². The van der Waals surface area contributed by atoms with Gasteiger partial charge in [0.2, 0.25) is 6.79 Å². The minimum Gasteiger partial charge on any atom is -0.454 e. The predicted octanol–water partition coefficient (Wildman–Crippen LogP) is 3.13. The van der Waals surface area contributed by atoms with Crippen molar-refractivity contribution in [1.82, 2.24) is 29.5 Å². The molecule has 0 bridgehead atoms. The summed E-state index contributed by atoms with van der Waals surface area (Å²) >= 11 is 0. The monoisotopic (exact) mass is 470 g/mol. The van der Waals surface area contributed by atoms with Gasteiger partial charge in [-0.1, -0.05) is 30.3 Å². The highest BCUT2D eigenvalue weighted by atomic mass is 16.7. The Balaban J connectivity index is 1.04. The summed E-state index contributed by atoms with van der Waals surface area (Å²) in [5.74, 6) is 2.38. The van der Waals surface area contributed by atoms with Crippen LogP contribution in [0.5, 0.6) is 11.5 Å². The number of nitrogens with zero attached hydrogens (tertiary/aromatic N) is 5. The van der Waals surface area contributed by atoms with Crippen molar-refractivity contribution in [1.29, 1.82) is 0 Å². The van der Waals surface area contributed by atoms with Crippen LogP contribution in [0.25, 0.3) is 22.6 Å². The molecule has 178 valence electrons. The molecular formula is C26H26N6O3. The molecule has 2 aliphatic heterocycles. The molecule has 4 heterocycles. The molecule has 1 amide bonds. The zero-order valence-corrected chi connectivity index (χ0v) is 19.3. The predicted molar refractivity (Wildman–Crippen MR) is 130 cm³/mol. The molecule has 2 aromatic carbocycles. The number of aromatic amines is 1. The Morgan fingerprint density at radius 1 is 0.914 bits per heavy atom. The van der Waals surface area contributed by atoms with Gasteiger partial charge in [-0.2, -0.15) is 5.10 Å². The molecule has 1 saturated heterocycles. The molecule has 0 atom stereocenters. The first-order valence-electron chi connectivity index (χ1n) is 11.8. The summed E-state index contributed by atoms with van der Waals surface area (Å²) in [6.07, 6.45) is 3.87. The van der Waals surface area contributed by atoms with Crippen molar-refractivity contribution in [3.8, 4) is 34.1 Å². The van der Waals surface area contributed by atoms with Gasteiger partial charge in [0.1, 0.15) is 11.5 Å². The number of H-pyrrole nitrogens is 1. The fourth-order valence-electron chi connectivity index (χ4n) is 4.57. The third kappa shape index (κ3) is 4.38. The first-order valence-corrected chi connectivity index (χ1v) is 11.8. The van der Waals surface area contributed by atoms with Crippen LogP contribution in [0.15, 0.2) is 67.0 Å². The first kappa shape index (κ1) is 21.4. The van der Waals surface area contributed by atoms with E-state index in [0.29, 0.717) is 30.2 Å². The summed E-state index contributed by atoms with van der Waals surface area (Å²) in [5.41, 5.74) is 3.20. The number of carbonyl (C=O) groups is 1. The smallest absolute Gasteiger partial charge is 0.271 e. The van der Waals surface area contributed by atoms with Gasteiger partial charge >= 0.3 is 0 Å². The van der Waals surface area contributed by atoms with E-state index in [-0.39, 0.29) is 12.7 Å². The highest BCUT2D eigenvalue weighted by Gasteiger charge is 2.24. The third-order valence-electron chi connectivity index (χ3n) is 6.54. The van der Waals surface area contributed by atoms with Crippen molar-refractivity contribution in [2.24, 2.45) is 0 Å². The highest BCUT2D eigenvalue weighted by molar-refractivity contribution is 5.93. The summed E-state index contributed by atoms with van der Waals surface area (Å²) < 4.78 is 13.0. The van der Waals surface area contributed by atoms with Crippen molar-refractivity contribution in [3.63, 3.8) is 0 Å². The molecule has 0 unspecified atom stereocenters. The minimum absolute atomic E-state index is 0.0230. The van der Waals surface area contributed by atoms with Gasteiger partial charge < -0.3 is 18.9 Å². The normalized spacial score (nSPS) is 15.5. The van der Waals surface area contributed by atoms with E-state index in [1.807, 2.05) is 53.7 Å². The average Bonchev–Trinajstić information content (AvgIpc) is 3.68. The van der Waals surface area contributed by atoms with Crippen LogP contribution in [0.2, 0.25) is 0 Å². The second-order valence-corrected chi connectivity index (χ2v) is 8.68. The van der Waals surface area contributed by atoms with Gasteiger partial charge in [-0.25, -0.2) is 4.98 Å². The summed E-state index contributed by atoms with van der Waals surface area (Å²) in [4.78, 5) is 21.9. The molecule has 9 heteroatoms. The number of amides is 1. The number of fused-ring (bicyclic) bond motifs is 1. The van der Waals surface area contributed by atoms with Crippen molar-refractivity contribution in [2.75, 3.05) is 39.5 Å². The Kier molecular flexibility index (Phi) is 5.67. The number of nitrogens with one attached hydrogen (secondary N) is 1. The minimum atomic E-state index is -0.0230. The van der Waals surface area contributed by atoms with Crippen LogP contribution in [-0.4, -0.2) is 75.0 Å². The summed E-state index contributed by atoms with van der Waals surface area (Å²) in [7, 11) is 0. The Hall–Kier alpha value is -4.11. The van der Waals surface area contributed by atoms with Crippen molar-refractivity contribution >= 4 is 5.91 Å². The molecule has 1 fully saturated rings. The van der Waals surface area contributed by atoms with E-state index in [4.69, 9.17) is 9.47 Å². The van der Waals surface area contributed by atoms with E-state index >= 15 is 0 Å². The quantitative estimate of drug-likeness (QED) is 0.466. The van der Waals surface area contributed by atoms with E-state index in [9.17, 15) is 4.79 Å². The van der Waals surface area contributed by atoms with Gasteiger partial charge in [-0.15, -0.1) is 0 Å². The maximum Gasteiger partial charge on any atom is 0.271 e. The molecule has 0 aliphatic carbocycles. The number of carbonyl (C=O) groups excluding carboxylic acids is 1. The molecule has 0 spiro atoms. The van der Waals surface area contributed by atoms with E-state index in [0.717, 1.165) is 48.9 Å². The molecule has 4 aromatic rings. The number of ether oxygens (including phenoxy) is 2. The molecule has 35 heavy (non-hydrogen) atoms. The lowest BCUT2D eigenvalue weighted by Crippen LogP contribution is -2.49. The fraction of sp³-hybridized carbons (Fsp3) is 0.269. The lowest BCUT2D eigenvalue weighted by atomic mass is 10.1. The number of hydrogen-bond donors (Lipinski definition) is 1. The fourth-order valence-corrected chi connectivity index (χ4v) is 4.57. The Morgan fingerprint density at radius 3 is 2.60 bits per heavy atom. The van der Waals surface area contributed by atoms with E-state index in [2.05, 4.69) is 36.8 Å². The van der Waals surface area contributed by atoms with Gasteiger partial charge in [-0.05, 0) is 24.3 Å². The molecule has 9 nitrogen and oxygen atoms in total. The van der Waals surface area contributed by atoms with E-state index < -0.39 is 0 Å². The average molecular weight is 471 g/mol. The van der Waals surface area contributed by atoms with Crippen molar-refractivity contribution in [2.45, 2.75) is 6.54 Å². The molecule has 0 radical (unpaired) electrons. The summed E-state index contributed by atoms with van der Waals surface area (Å²) in [6, 6.07) is 17.7. The van der Waals surface area contributed by atoms with E-state index in [1.165, 1.54) is 0 Å². The first-order chi connectivity index (χ1) is 17.2. The van der Waals surface area contributed by atoms with Gasteiger partial charge in [0.25, 0.3) is 5.91 Å². The molecule has 2 aliphatic rings. The molecule has 6 rings (SSSR count). The number of aromatic nitrogens is 4. The molecule has 2 aromatic heterocycles. The van der Waals surface area contributed by atoms with Crippen LogP contribution in [0.1, 0.15) is 10.5 Å². The molecular weight excluding hydrogens is 444 g/mol. The van der Waals surface area contributed by atoms with Crippen LogP contribution < -0.4 is 9.47 Å². The summed E-state index contributed by atoms with van der Waals surface area (Å²) in [5, 5.41) is 7.25. The number of piperazine rings is 1. The van der Waals surface area contributed by atoms with Gasteiger partial charge in [0.05, 0.1) is 5.69 Å². The van der Waals surface area contributed by atoms with E-state index in [1.54, 1.807) is 6.07 Å². The largest absolute Gasteiger partial charge is 0.454 e. The molecule has 0 saturated carbocycles. The highest BCUT2D eigenvalue weighted by Crippen LogP contribution is 2.35. The van der Waals surface area contributed by atoms with Crippen LogP contribution in [0, 0.1) is 0 Å². The van der Waals surface area contributed by atoms with Crippen molar-refractivity contribution < 1.29 is 14.3 Å². The maximum atomic E-state index is 13.1. The second kappa shape index (κ2) is 9.27. The Labute approximate surface area is 202 Å².